The Hall–Kier alpha value is -1.04. The van der Waals surface area contributed by atoms with E-state index in [9.17, 15) is 0 Å². The van der Waals surface area contributed by atoms with Crippen LogP contribution in [0.4, 0.5) is 11.4 Å². The molecule has 0 amide bonds. The third kappa shape index (κ3) is 5.99. The lowest BCUT2D eigenvalue weighted by Crippen LogP contribution is -2.34. The Balaban J connectivity index is 1.74. The largest absolute Gasteiger partial charge is 0.399 e. The molecule has 22 heavy (non-hydrogen) atoms. The lowest BCUT2D eigenvalue weighted by atomic mass is 10.2. The van der Waals surface area contributed by atoms with Gasteiger partial charge in [-0.15, -0.1) is 0 Å². The van der Waals surface area contributed by atoms with E-state index in [-0.39, 0.29) is 0 Å². The van der Waals surface area contributed by atoms with Crippen LogP contribution in [0.25, 0.3) is 0 Å². The van der Waals surface area contributed by atoms with E-state index in [2.05, 4.69) is 41.6 Å². The van der Waals surface area contributed by atoms with Crippen molar-refractivity contribution in [2.75, 3.05) is 56.2 Å². The topological polar surface area (TPSA) is 41.7 Å². The molecular formula is C17H31N3OSi. The number of hydrogen-bond acceptors (Lipinski definition) is 4. The molecule has 0 unspecified atom stereocenters. The summed E-state index contributed by atoms with van der Waals surface area (Å²) in [5.41, 5.74) is 7.89. The Kier molecular flexibility index (Phi) is 6.29. The number of benzene rings is 1. The minimum Gasteiger partial charge on any atom is -0.399 e. The third-order valence-corrected chi connectivity index (χ3v) is 5.00. The summed E-state index contributed by atoms with van der Waals surface area (Å²) in [4.78, 5) is 4.99. The van der Waals surface area contributed by atoms with E-state index in [0.29, 0.717) is 0 Å². The zero-order valence-electron chi connectivity index (χ0n) is 14.3. The van der Waals surface area contributed by atoms with Crippen molar-refractivity contribution in [1.82, 2.24) is 4.90 Å². The van der Waals surface area contributed by atoms with E-state index >= 15 is 0 Å². The van der Waals surface area contributed by atoms with Gasteiger partial charge in [0.15, 0.2) is 0 Å². The summed E-state index contributed by atoms with van der Waals surface area (Å²) < 4.78 is 5.86. The molecule has 1 aromatic rings. The lowest BCUT2D eigenvalue weighted by molar-refractivity contribution is 0.134. The van der Waals surface area contributed by atoms with Gasteiger partial charge in [-0.3, -0.25) is 4.90 Å². The quantitative estimate of drug-likeness (QED) is 0.497. The van der Waals surface area contributed by atoms with Gasteiger partial charge in [-0.05, 0) is 37.2 Å². The van der Waals surface area contributed by atoms with Crippen LogP contribution >= 0.6 is 0 Å². The average molecular weight is 322 g/mol. The van der Waals surface area contributed by atoms with Crippen molar-refractivity contribution in [2.24, 2.45) is 0 Å². The molecule has 1 saturated heterocycles. The molecule has 0 atom stereocenters. The standard InChI is InChI=1S/C17H31N3OSi/c1-22(2,3)15-21-14-13-19-9-4-10-20(12-11-19)17-7-5-16(18)6-8-17/h5-8H,4,9-15,18H2,1-3H3. The molecule has 1 heterocycles. The molecule has 0 spiro atoms. The summed E-state index contributed by atoms with van der Waals surface area (Å²) in [6, 6.07) is 8.23. The molecule has 0 radical (unpaired) electrons. The number of ether oxygens (including phenoxy) is 1. The van der Waals surface area contributed by atoms with Gasteiger partial charge >= 0.3 is 0 Å². The summed E-state index contributed by atoms with van der Waals surface area (Å²) in [7, 11) is -1.07. The van der Waals surface area contributed by atoms with Crippen LogP contribution in [0, 0.1) is 0 Å². The number of anilines is 2. The minimum absolute atomic E-state index is 0.833. The summed E-state index contributed by atoms with van der Waals surface area (Å²) in [5.74, 6) is 0. The normalized spacial score (nSPS) is 17.5. The molecule has 0 bridgehead atoms. The van der Waals surface area contributed by atoms with Crippen molar-refractivity contribution in [3.63, 3.8) is 0 Å². The first-order chi connectivity index (χ1) is 10.4. The van der Waals surface area contributed by atoms with Crippen LogP contribution < -0.4 is 10.6 Å². The second kappa shape index (κ2) is 7.99. The lowest BCUT2D eigenvalue weighted by Gasteiger charge is -2.24. The van der Waals surface area contributed by atoms with Gasteiger partial charge in [0.2, 0.25) is 0 Å². The van der Waals surface area contributed by atoms with Crippen molar-refractivity contribution < 1.29 is 4.74 Å². The molecule has 1 aromatic carbocycles. The Morgan fingerprint density at radius 2 is 1.77 bits per heavy atom. The molecular weight excluding hydrogens is 290 g/mol. The van der Waals surface area contributed by atoms with E-state index in [1.807, 2.05) is 12.1 Å². The van der Waals surface area contributed by atoms with Crippen molar-refractivity contribution in [2.45, 2.75) is 26.1 Å². The summed E-state index contributed by atoms with van der Waals surface area (Å²) in [6.45, 7) is 13.5. The van der Waals surface area contributed by atoms with Gasteiger partial charge in [0.25, 0.3) is 0 Å². The van der Waals surface area contributed by atoms with Crippen LogP contribution in [0.3, 0.4) is 0 Å². The number of nitrogens with zero attached hydrogens (tertiary/aromatic N) is 2. The number of rotatable bonds is 6. The van der Waals surface area contributed by atoms with Crippen molar-refractivity contribution in [1.29, 1.82) is 0 Å². The Bertz CT molecular complexity index is 444. The maximum Gasteiger partial charge on any atom is 0.0746 e. The van der Waals surface area contributed by atoms with Crippen LogP contribution in [-0.4, -0.2) is 58.5 Å². The second-order valence-electron chi connectivity index (χ2n) is 7.39. The first-order valence-corrected chi connectivity index (χ1v) is 12.1. The SMILES string of the molecule is C[Si](C)(C)COCCN1CCCN(c2ccc(N)cc2)CC1. The van der Waals surface area contributed by atoms with Crippen molar-refractivity contribution in [3.05, 3.63) is 24.3 Å². The molecule has 0 aromatic heterocycles. The zero-order valence-corrected chi connectivity index (χ0v) is 15.3. The monoisotopic (exact) mass is 321 g/mol. The summed E-state index contributed by atoms with van der Waals surface area (Å²) in [6.07, 6.45) is 2.18. The van der Waals surface area contributed by atoms with Crippen molar-refractivity contribution in [3.8, 4) is 0 Å². The third-order valence-electron chi connectivity index (χ3n) is 3.93. The number of hydrogen-bond donors (Lipinski definition) is 1. The average Bonchev–Trinajstić information content (AvgIpc) is 2.69. The Labute approximate surface area is 136 Å². The molecule has 1 aliphatic heterocycles. The molecule has 4 nitrogen and oxygen atoms in total. The molecule has 124 valence electrons. The number of nitrogen functional groups attached to an aromatic ring is 1. The highest BCUT2D eigenvalue weighted by atomic mass is 28.3. The minimum atomic E-state index is -1.07. The highest BCUT2D eigenvalue weighted by Gasteiger charge is 2.16. The van der Waals surface area contributed by atoms with Gasteiger partial charge in [-0.2, -0.15) is 0 Å². The van der Waals surface area contributed by atoms with Crippen LogP contribution in [0.2, 0.25) is 19.6 Å². The van der Waals surface area contributed by atoms with Crippen LogP contribution in [0.5, 0.6) is 0 Å². The van der Waals surface area contributed by atoms with E-state index in [4.69, 9.17) is 10.5 Å². The predicted molar refractivity (Wildman–Crippen MR) is 98.3 cm³/mol. The van der Waals surface area contributed by atoms with E-state index < -0.39 is 8.07 Å². The van der Waals surface area contributed by atoms with Gasteiger partial charge in [-0.25, -0.2) is 0 Å². The molecule has 0 aliphatic carbocycles. The zero-order chi connectivity index (χ0) is 16.0. The highest BCUT2D eigenvalue weighted by Crippen LogP contribution is 2.18. The predicted octanol–water partition coefficient (Wildman–Crippen LogP) is 2.67. The van der Waals surface area contributed by atoms with Gasteiger partial charge in [0.05, 0.1) is 14.7 Å². The maximum atomic E-state index is 5.86. The van der Waals surface area contributed by atoms with Gasteiger partial charge in [0.1, 0.15) is 0 Å². The first kappa shape index (κ1) is 17.3. The Morgan fingerprint density at radius 1 is 1.05 bits per heavy atom. The van der Waals surface area contributed by atoms with Crippen LogP contribution in [0.15, 0.2) is 24.3 Å². The van der Waals surface area contributed by atoms with Crippen LogP contribution in [0.1, 0.15) is 6.42 Å². The fourth-order valence-corrected chi connectivity index (χ4v) is 3.47. The molecule has 2 rings (SSSR count). The van der Waals surface area contributed by atoms with E-state index in [1.165, 1.54) is 18.7 Å². The molecule has 1 aliphatic rings. The molecule has 2 N–H and O–H groups in total. The summed E-state index contributed by atoms with van der Waals surface area (Å²) >= 11 is 0. The van der Waals surface area contributed by atoms with E-state index in [0.717, 1.165) is 44.7 Å². The van der Waals surface area contributed by atoms with Crippen molar-refractivity contribution >= 4 is 19.4 Å². The fraction of sp³-hybridized carbons (Fsp3) is 0.647. The number of nitrogens with two attached hydrogens (primary N) is 1. The van der Waals surface area contributed by atoms with Gasteiger partial charge in [-0.1, -0.05) is 19.6 Å². The summed E-state index contributed by atoms with van der Waals surface area (Å²) in [5, 5.41) is 0. The first-order valence-electron chi connectivity index (χ1n) is 8.35. The smallest absolute Gasteiger partial charge is 0.0746 e. The molecule has 0 saturated carbocycles. The van der Waals surface area contributed by atoms with E-state index in [1.54, 1.807) is 0 Å². The second-order valence-corrected chi connectivity index (χ2v) is 12.8. The highest BCUT2D eigenvalue weighted by molar-refractivity contribution is 6.76. The van der Waals surface area contributed by atoms with Gasteiger partial charge in [0, 0.05) is 43.8 Å². The fourth-order valence-electron chi connectivity index (χ4n) is 2.71. The maximum absolute atomic E-state index is 5.86. The Morgan fingerprint density at radius 3 is 2.45 bits per heavy atom. The van der Waals surface area contributed by atoms with Crippen LogP contribution in [-0.2, 0) is 4.74 Å². The van der Waals surface area contributed by atoms with Gasteiger partial charge < -0.3 is 15.4 Å². The molecule has 5 heteroatoms. The molecule has 1 fully saturated rings.